The number of sulfonamides is 1. The molecule has 1 aromatic carbocycles. The van der Waals surface area contributed by atoms with E-state index >= 15 is 0 Å². The van der Waals surface area contributed by atoms with Crippen molar-refractivity contribution in [2.24, 2.45) is 10.7 Å². The van der Waals surface area contributed by atoms with Crippen LogP contribution in [0.25, 0.3) is 0 Å². The molecule has 0 bridgehead atoms. The number of rotatable bonds is 8. The summed E-state index contributed by atoms with van der Waals surface area (Å²) in [6.45, 7) is 10.7. The summed E-state index contributed by atoms with van der Waals surface area (Å²) in [6, 6.07) is 2.84. The molecule has 1 rings (SSSR count). The second-order valence-corrected chi connectivity index (χ2v) is 9.75. The van der Waals surface area contributed by atoms with E-state index in [4.69, 9.17) is 10.5 Å². The monoisotopic (exact) mass is 440 g/mol. The maximum atomic E-state index is 12.6. The van der Waals surface area contributed by atoms with Crippen molar-refractivity contribution < 1.29 is 22.7 Å². The first kappa shape index (κ1) is 25.4. The van der Waals surface area contributed by atoms with Crippen LogP contribution < -0.4 is 15.8 Å². The van der Waals surface area contributed by atoms with Gasteiger partial charge in [0, 0.05) is 6.54 Å². The zero-order chi connectivity index (χ0) is 23.1. The molecule has 0 radical (unpaired) electrons. The van der Waals surface area contributed by atoms with Crippen LogP contribution in [-0.2, 0) is 19.6 Å². The molecular weight excluding hydrogens is 408 g/mol. The molecule has 1 atom stereocenters. The Kier molecular flexibility index (Phi) is 8.83. The minimum atomic E-state index is -3.86. The Labute approximate surface area is 178 Å². The van der Waals surface area contributed by atoms with Crippen LogP contribution in [0.2, 0.25) is 0 Å². The van der Waals surface area contributed by atoms with Crippen molar-refractivity contribution in [1.29, 1.82) is 0 Å². The molecule has 168 valence electrons. The molecule has 0 heterocycles. The quantitative estimate of drug-likeness (QED) is 0.245. The summed E-state index contributed by atoms with van der Waals surface area (Å²) in [5, 5.41) is 2.47. The molecule has 0 aliphatic rings. The number of nitrogens with one attached hydrogen (secondary N) is 2. The number of carbonyl (C=O) groups excluding carboxylic acids is 2. The maximum Gasteiger partial charge on any atom is 0.408 e. The molecule has 0 aliphatic heterocycles. The Hall–Kier alpha value is -2.62. The lowest BCUT2D eigenvalue weighted by atomic mass is 10.1. The maximum absolute atomic E-state index is 12.6. The van der Waals surface area contributed by atoms with Gasteiger partial charge in [-0.1, -0.05) is 17.7 Å². The van der Waals surface area contributed by atoms with Gasteiger partial charge >= 0.3 is 6.09 Å². The SMILES string of the molecule is Cc1cc(C)c(S(=O)(=O)NC(N)=NCCC[C@@H](C=O)NC(=O)OC(C)(C)C)c(C)c1. The van der Waals surface area contributed by atoms with Crippen LogP contribution in [-0.4, -0.2) is 44.9 Å². The van der Waals surface area contributed by atoms with E-state index in [1.165, 1.54) is 0 Å². The topological polar surface area (TPSA) is 140 Å². The molecule has 10 heteroatoms. The standard InChI is InChI=1S/C20H32N4O5S/c1-13-10-14(2)17(15(3)11-13)30(27,28)24-18(21)22-9-7-8-16(12-25)23-19(26)29-20(4,5)6/h10-12,16H,7-9H2,1-6H3,(H,23,26)(H3,21,22,24)/t16-/m0/s1. The molecule has 0 saturated carbocycles. The third-order valence-corrected chi connectivity index (χ3v) is 5.59. The highest BCUT2D eigenvalue weighted by Crippen LogP contribution is 2.21. The molecule has 1 aromatic rings. The van der Waals surface area contributed by atoms with Crippen molar-refractivity contribution in [3.05, 3.63) is 28.8 Å². The molecule has 0 aromatic heterocycles. The minimum Gasteiger partial charge on any atom is -0.444 e. The van der Waals surface area contributed by atoms with E-state index in [9.17, 15) is 18.0 Å². The minimum absolute atomic E-state index is 0.175. The fourth-order valence-corrected chi connectivity index (χ4v) is 4.36. The first-order valence-electron chi connectivity index (χ1n) is 9.60. The second-order valence-electron chi connectivity index (χ2n) is 8.13. The van der Waals surface area contributed by atoms with E-state index in [1.54, 1.807) is 46.8 Å². The molecule has 9 nitrogen and oxygen atoms in total. The number of alkyl carbamates (subject to hydrolysis) is 1. The summed E-state index contributed by atoms with van der Waals surface area (Å²) in [4.78, 5) is 27.0. The molecule has 4 N–H and O–H groups in total. The van der Waals surface area contributed by atoms with Gasteiger partial charge in [-0.05, 0) is 65.5 Å². The normalized spacial score (nSPS) is 13.5. The van der Waals surface area contributed by atoms with Crippen molar-refractivity contribution in [2.75, 3.05) is 6.54 Å². The van der Waals surface area contributed by atoms with Gasteiger partial charge in [-0.15, -0.1) is 0 Å². The second kappa shape index (κ2) is 10.4. The van der Waals surface area contributed by atoms with Crippen LogP contribution >= 0.6 is 0 Å². The first-order valence-corrected chi connectivity index (χ1v) is 11.1. The molecular formula is C20H32N4O5S. The van der Waals surface area contributed by atoms with Crippen LogP contribution in [0.4, 0.5) is 4.79 Å². The number of hydrogen-bond acceptors (Lipinski definition) is 6. The van der Waals surface area contributed by atoms with Gasteiger partial charge in [-0.2, -0.15) is 0 Å². The number of nitrogens with two attached hydrogens (primary N) is 1. The van der Waals surface area contributed by atoms with Crippen LogP contribution in [0.3, 0.4) is 0 Å². The predicted molar refractivity (Wildman–Crippen MR) is 116 cm³/mol. The van der Waals surface area contributed by atoms with E-state index < -0.39 is 27.8 Å². The zero-order valence-corrected chi connectivity index (χ0v) is 19.2. The predicted octanol–water partition coefficient (Wildman–Crippen LogP) is 2.08. The Morgan fingerprint density at radius 1 is 1.23 bits per heavy atom. The molecule has 0 aliphatic carbocycles. The Balaban J connectivity index is 2.63. The largest absolute Gasteiger partial charge is 0.444 e. The van der Waals surface area contributed by atoms with Gasteiger partial charge in [-0.25, -0.2) is 17.9 Å². The fourth-order valence-electron chi connectivity index (χ4n) is 2.96. The van der Waals surface area contributed by atoms with Gasteiger partial charge in [0.05, 0.1) is 10.9 Å². The smallest absolute Gasteiger partial charge is 0.408 e. The van der Waals surface area contributed by atoms with E-state index in [1.807, 2.05) is 6.92 Å². The van der Waals surface area contributed by atoms with E-state index in [0.717, 1.165) is 5.56 Å². The average Bonchev–Trinajstić information content (AvgIpc) is 2.53. The lowest BCUT2D eigenvalue weighted by Gasteiger charge is -2.21. The number of ether oxygens (including phenoxy) is 1. The van der Waals surface area contributed by atoms with Crippen LogP contribution in [0.15, 0.2) is 22.0 Å². The van der Waals surface area contributed by atoms with E-state index in [-0.39, 0.29) is 17.4 Å². The third kappa shape index (κ3) is 8.40. The summed E-state index contributed by atoms with van der Waals surface area (Å²) in [6.07, 6.45) is 0.647. The summed E-state index contributed by atoms with van der Waals surface area (Å²) < 4.78 is 32.7. The molecule has 0 saturated heterocycles. The van der Waals surface area contributed by atoms with Gasteiger partial charge in [-0.3, -0.25) is 4.99 Å². The summed E-state index contributed by atoms with van der Waals surface area (Å²) in [7, 11) is -3.86. The van der Waals surface area contributed by atoms with Crippen molar-refractivity contribution >= 4 is 28.4 Å². The summed E-state index contributed by atoms with van der Waals surface area (Å²) >= 11 is 0. The number of aliphatic imine (C=N–C) groups is 1. The van der Waals surface area contributed by atoms with Crippen LogP contribution in [0.5, 0.6) is 0 Å². The fraction of sp³-hybridized carbons (Fsp3) is 0.550. The molecule has 0 unspecified atom stereocenters. The summed E-state index contributed by atoms with van der Waals surface area (Å²) in [5.74, 6) is -0.239. The highest BCUT2D eigenvalue weighted by atomic mass is 32.2. The van der Waals surface area contributed by atoms with E-state index in [2.05, 4.69) is 15.0 Å². The van der Waals surface area contributed by atoms with Crippen molar-refractivity contribution in [2.45, 2.75) is 70.9 Å². The highest BCUT2D eigenvalue weighted by Gasteiger charge is 2.21. The molecule has 1 amide bonds. The number of carbonyl (C=O) groups is 2. The average molecular weight is 441 g/mol. The van der Waals surface area contributed by atoms with Crippen molar-refractivity contribution in [3.63, 3.8) is 0 Å². The third-order valence-electron chi connectivity index (χ3n) is 3.93. The molecule has 30 heavy (non-hydrogen) atoms. The zero-order valence-electron chi connectivity index (χ0n) is 18.4. The molecule has 0 fully saturated rings. The summed E-state index contributed by atoms with van der Waals surface area (Å²) in [5.41, 5.74) is 7.27. The van der Waals surface area contributed by atoms with Crippen molar-refractivity contribution in [1.82, 2.24) is 10.0 Å². The number of amides is 1. The number of hydrogen-bond donors (Lipinski definition) is 3. The number of guanidine groups is 1. The Morgan fingerprint density at radius 2 is 1.80 bits per heavy atom. The number of aryl methyl sites for hydroxylation is 3. The van der Waals surface area contributed by atoms with E-state index in [0.29, 0.717) is 30.3 Å². The van der Waals surface area contributed by atoms with Crippen molar-refractivity contribution in [3.8, 4) is 0 Å². The number of benzene rings is 1. The lowest BCUT2D eigenvalue weighted by Crippen LogP contribution is -2.40. The van der Waals surface area contributed by atoms with Gasteiger partial charge < -0.3 is 20.6 Å². The van der Waals surface area contributed by atoms with Gasteiger partial charge in [0.25, 0.3) is 10.0 Å². The van der Waals surface area contributed by atoms with Crippen LogP contribution in [0.1, 0.15) is 50.3 Å². The Bertz CT molecular complexity index is 881. The lowest BCUT2D eigenvalue weighted by molar-refractivity contribution is -0.109. The van der Waals surface area contributed by atoms with Crippen LogP contribution in [0, 0.1) is 20.8 Å². The Morgan fingerprint density at radius 3 is 2.30 bits per heavy atom. The van der Waals surface area contributed by atoms with Gasteiger partial charge in [0.15, 0.2) is 0 Å². The molecule has 0 spiro atoms. The van der Waals surface area contributed by atoms with Gasteiger partial charge in [0.2, 0.25) is 5.96 Å². The highest BCUT2D eigenvalue weighted by molar-refractivity contribution is 7.90. The first-order chi connectivity index (χ1) is 13.7. The van der Waals surface area contributed by atoms with Gasteiger partial charge in [0.1, 0.15) is 11.9 Å². The number of aldehydes is 1. The number of nitrogens with zero attached hydrogens (tertiary/aromatic N) is 1.